The molecule has 0 aliphatic rings. The molecule has 0 aromatic heterocycles. The predicted octanol–water partition coefficient (Wildman–Crippen LogP) is 2.89. The van der Waals surface area contributed by atoms with Gasteiger partial charge in [0.15, 0.2) is 0 Å². The zero-order chi connectivity index (χ0) is 12.1. The lowest BCUT2D eigenvalue weighted by Crippen LogP contribution is -2.23. The molecule has 0 atom stereocenters. The summed E-state index contributed by atoms with van der Waals surface area (Å²) in [4.78, 5) is 0. The first-order valence-corrected chi connectivity index (χ1v) is 6.45. The standard InChI is InChI=1S/C8H19N.C5H13N/c1-7(2)5-9-6-8(3)4;1-3-5-6-4-2/h7-9H,5-6H2,1-4H3;6H,3-5H2,1-2H3. The summed E-state index contributed by atoms with van der Waals surface area (Å²) in [5, 5.41) is 6.58. The fourth-order valence-electron chi connectivity index (χ4n) is 1.01. The molecule has 94 valence electrons. The third-order valence-corrected chi connectivity index (χ3v) is 1.78. The van der Waals surface area contributed by atoms with E-state index in [2.05, 4.69) is 52.2 Å². The zero-order valence-electron chi connectivity index (χ0n) is 11.7. The minimum Gasteiger partial charge on any atom is -0.317 e. The molecule has 0 heterocycles. The van der Waals surface area contributed by atoms with Crippen LogP contribution in [0, 0.1) is 11.8 Å². The van der Waals surface area contributed by atoms with E-state index in [0.29, 0.717) is 0 Å². The molecule has 2 nitrogen and oxygen atoms in total. The Balaban J connectivity index is 0. The number of hydrogen-bond donors (Lipinski definition) is 2. The largest absolute Gasteiger partial charge is 0.317 e. The van der Waals surface area contributed by atoms with Crippen LogP contribution in [0.1, 0.15) is 48.0 Å². The number of hydrogen-bond acceptors (Lipinski definition) is 2. The molecule has 0 amide bonds. The molecule has 0 bridgehead atoms. The molecule has 0 spiro atoms. The van der Waals surface area contributed by atoms with Crippen LogP contribution in [0.4, 0.5) is 0 Å². The average molecular weight is 216 g/mol. The number of nitrogens with one attached hydrogen (secondary N) is 2. The van der Waals surface area contributed by atoms with Crippen LogP contribution in [-0.4, -0.2) is 26.2 Å². The fourth-order valence-corrected chi connectivity index (χ4v) is 1.01. The quantitative estimate of drug-likeness (QED) is 0.640. The van der Waals surface area contributed by atoms with E-state index in [1.54, 1.807) is 0 Å². The second-order valence-electron chi connectivity index (χ2n) is 4.80. The molecule has 0 fully saturated rings. The van der Waals surface area contributed by atoms with E-state index in [-0.39, 0.29) is 0 Å². The monoisotopic (exact) mass is 216 g/mol. The molecular weight excluding hydrogens is 184 g/mol. The Hall–Kier alpha value is -0.0800. The van der Waals surface area contributed by atoms with Gasteiger partial charge in [0, 0.05) is 0 Å². The van der Waals surface area contributed by atoms with Crippen molar-refractivity contribution in [2.45, 2.75) is 48.0 Å². The van der Waals surface area contributed by atoms with Gasteiger partial charge in [0.25, 0.3) is 0 Å². The van der Waals surface area contributed by atoms with Gasteiger partial charge >= 0.3 is 0 Å². The normalized spacial score (nSPS) is 10.4. The van der Waals surface area contributed by atoms with Crippen molar-refractivity contribution in [3.8, 4) is 0 Å². The molecule has 0 rings (SSSR count). The lowest BCUT2D eigenvalue weighted by Gasteiger charge is -2.08. The molecule has 0 aliphatic carbocycles. The first-order valence-electron chi connectivity index (χ1n) is 6.45. The van der Waals surface area contributed by atoms with E-state index in [1.165, 1.54) is 6.42 Å². The minimum atomic E-state index is 0.781. The van der Waals surface area contributed by atoms with Crippen LogP contribution in [0.5, 0.6) is 0 Å². The van der Waals surface area contributed by atoms with Crippen molar-refractivity contribution in [1.82, 2.24) is 10.6 Å². The summed E-state index contributed by atoms with van der Waals surface area (Å²) < 4.78 is 0. The summed E-state index contributed by atoms with van der Waals surface area (Å²) >= 11 is 0. The molecule has 15 heavy (non-hydrogen) atoms. The molecule has 0 aromatic rings. The summed E-state index contributed by atoms with van der Waals surface area (Å²) in [5.41, 5.74) is 0. The highest BCUT2D eigenvalue weighted by Gasteiger charge is 1.94. The van der Waals surface area contributed by atoms with Gasteiger partial charge in [-0.1, -0.05) is 41.5 Å². The SMILES string of the molecule is CC(C)CNCC(C)C.CCCNCC. The van der Waals surface area contributed by atoms with Crippen LogP contribution in [0.3, 0.4) is 0 Å². The maximum Gasteiger partial charge on any atom is -0.00257 e. The average Bonchev–Trinajstić information content (AvgIpc) is 2.14. The van der Waals surface area contributed by atoms with Gasteiger partial charge in [-0.15, -0.1) is 0 Å². The molecule has 2 N–H and O–H groups in total. The van der Waals surface area contributed by atoms with E-state index >= 15 is 0 Å². The molecule has 2 heteroatoms. The van der Waals surface area contributed by atoms with Crippen molar-refractivity contribution in [3.63, 3.8) is 0 Å². The second-order valence-corrected chi connectivity index (χ2v) is 4.80. The summed E-state index contributed by atoms with van der Waals surface area (Å²) in [6, 6.07) is 0. The van der Waals surface area contributed by atoms with Crippen molar-refractivity contribution in [1.29, 1.82) is 0 Å². The van der Waals surface area contributed by atoms with Crippen molar-refractivity contribution in [3.05, 3.63) is 0 Å². The minimum absolute atomic E-state index is 0.781. The first-order chi connectivity index (χ1) is 7.04. The summed E-state index contributed by atoms with van der Waals surface area (Å²) in [6.07, 6.45) is 1.24. The number of rotatable bonds is 7. The van der Waals surface area contributed by atoms with Crippen LogP contribution in [0.15, 0.2) is 0 Å². The summed E-state index contributed by atoms with van der Waals surface area (Å²) in [6.45, 7) is 17.8. The van der Waals surface area contributed by atoms with Crippen LogP contribution in [0.2, 0.25) is 0 Å². The van der Waals surface area contributed by atoms with E-state index in [4.69, 9.17) is 0 Å². The highest BCUT2D eigenvalue weighted by molar-refractivity contribution is 4.52. The molecular formula is C13H32N2. The van der Waals surface area contributed by atoms with Crippen LogP contribution in [0.25, 0.3) is 0 Å². The fraction of sp³-hybridized carbons (Fsp3) is 1.00. The molecule has 0 radical (unpaired) electrons. The van der Waals surface area contributed by atoms with Gasteiger partial charge in [-0.2, -0.15) is 0 Å². The molecule has 0 saturated carbocycles. The molecule has 0 aliphatic heterocycles. The van der Waals surface area contributed by atoms with E-state index < -0.39 is 0 Å². The Labute approximate surface area is 97.2 Å². The van der Waals surface area contributed by atoms with E-state index in [9.17, 15) is 0 Å². The second kappa shape index (κ2) is 13.9. The Morgan fingerprint density at radius 2 is 1.27 bits per heavy atom. The van der Waals surface area contributed by atoms with Crippen molar-refractivity contribution in [2.75, 3.05) is 26.2 Å². The Morgan fingerprint density at radius 3 is 1.47 bits per heavy atom. The van der Waals surface area contributed by atoms with Gasteiger partial charge in [0.2, 0.25) is 0 Å². The van der Waals surface area contributed by atoms with Crippen molar-refractivity contribution < 1.29 is 0 Å². The van der Waals surface area contributed by atoms with Gasteiger partial charge in [-0.3, -0.25) is 0 Å². The summed E-state index contributed by atoms with van der Waals surface area (Å²) in [7, 11) is 0. The van der Waals surface area contributed by atoms with Gasteiger partial charge in [0.05, 0.1) is 0 Å². The lowest BCUT2D eigenvalue weighted by molar-refractivity contribution is 0.497. The summed E-state index contributed by atoms with van der Waals surface area (Å²) in [5.74, 6) is 1.56. The van der Waals surface area contributed by atoms with E-state index in [0.717, 1.165) is 38.0 Å². The molecule has 0 unspecified atom stereocenters. The van der Waals surface area contributed by atoms with Crippen LogP contribution >= 0.6 is 0 Å². The molecule has 0 aromatic carbocycles. The predicted molar refractivity (Wildman–Crippen MR) is 71.4 cm³/mol. The third kappa shape index (κ3) is 24.9. The zero-order valence-corrected chi connectivity index (χ0v) is 11.7. The van der Waals surface area contributed by atoms with Gasteiger partial charge in [0.1, 0.15) is 0 Å². The van der Waals surface area contributed by atoms with Gasteiger partial charge < -0.3 is 10.6 Å². The highest BCUT2D eigenvalue weighted by Crippen LogP contribution is 1.90. The van der Waals surface area contributed by atoms with Gasteiger partial charge in [-0.25, -0.2) is 0 Å². The highest BCUT2D eigenvalue weighted by atomic mass is 14.9. The smallest absolute Gasteiger partial charge is 0.00257 e. The first kappa shape index (κ1) is 17.3. The Morgan fingerprint density at radius 1 is 0.800 bits per heavy atom. The Bertz CT molecular complexity index is 88.7. The van der Waals surface area contributed by atoms with Crippen LogP contribution in [-0.2, 0) is 0 Å². The third-order valence-electron chi connectivity index (χ3n) is 1.78. The van der Waals surface area contributed by atoms with Crippen LogP contribution < -0.4 is 10.6 Å². The maximum absolute atomic E-state index is 3.38. The van der Waals surface area contributed by atoms with Crippen molar-refractivity contribution in [2.24, 2.45) is 11.8 Å². The lowest BCUT2D eigenvalue weighted by atomic mass is 10.2. The molecule has 0 saturated heterocycles. The topological polar surface area (TPSA) is 24.1 Å². The maximum atomic E-state index is 3.38. The Kier molecular flexibility index (Phi) is 16.1. The van der Waals surface area contributed by atoms with E-state index in [1.807, 2.05) is 0 Å². The van der Waals surface area contributed by atoms with Crippen molar-refractivity contribution >= 4 is 0 Å². The van der Waals surface area contributed by atoms with Gasteiger partial charge in [-0.05, 0) is 44.4 Å².